The number of nitro benzene ring substituents is 1. The van der Waals surface area contributed by atoms with Crippen LogP contribution in [0.2, 0.25) is 10.0 Å². The number of rotatable bonds is 4. The third kappa shape index (κ3) is 4.61. The van der Waals surface area contributed by atoms with Crippen molar-refractivity contribution in [2.45, 2.75) is 44.6 Å². The van der Waals surface area contributed by atoms with Crippen molar-refractivity contribution < 1.29 is 4.92 Å². The number of non-ortho nitro benzene ring substituents is 1. The summed E-state index contributed by atoms with van der Waals surface area (Å²) in [4.78, 5) is 16.4. The number of benzene rings is 2. The summed E-state index contributed by atoms with van der Waals surface area (Å²) >= 11 is 13.8. The maximum atomic E-state index is 11.0. The molecule has 2 aromatic carbocycles. The fourth-order valence-electron chi connectivity index (χ4n) is 3.90. The van der Waals surface area contributed by atoms with Gasteiger partial charge in [0.1, 0.15) is 0 Å². The van der Waals surface area contributed by atoms with E-state index in [1.807, 2.05) is 18.2 Å². The summed E-state index contributed by atoms with van der Waals surface area (Å²) in [7, 11) is 0. The Morgan fingerprint density at radius 2 is 1.70 bits per heavy atom. The van der Waals surface area contributed by atoms with E-state index in [9.17, 15) is 10.1 Å². The van der Waals surface area contributed by atoms with Crippen molar-refractivity contribution in [1.82, 2.24) is 4.57 Å². The van der Waals surface area contributed by atoms with Crippen molar-refractivity contribution in [2.24, 2.45) is 4.99 Å². The van der Waals surface area contributed by atoms with Crippen LogP contribution in [0.1, 0.15) is 44.6 Å². The summed E-state index contributed by atoms with van der Waals surface area (Å²) in [5.41, 5.74) is 2.84. The van der Waals surface area contributed by atoms with Crippen molar-refractivity contribution in [1.29, 1.82) is 0 Å². The largest absolute Gasteiger partial charge is 0.313 e. The van der Waals surface area contributed by atoms with Crippen LogP contribution in [0.3, 0.4) is 0 Å². The van der Waals surface area contributed by atoms with Gasteiger partial charge in [-0.3, -0.25) is 10.1 Å². The van der Waals surface area contributed by atoms with E-state index in [1.54, 1.807) is 35.6 Å². The van der Waals surface area contributed by atoms with Crippen molar-refractivity contribution in [3.05, 3.63) is 72.8 Å². The molecule has 30 heavy (non-hydrogen) atoms. The molecule has 156 valence electrons. The van der Waals surface area contributed by atoms with Crippen LogP contribution in [-0.2, 0) is 0 Å². The highest BCUT2D eigenvalue weighted by molar-refractivity contribution is 7.07. The highest BCUT2D eigenvalue weighted by atomic mass is 35.5. The first kappa shape index (κ1) is 21.1. The molecule has 0 N–H and O–H groups in total. The van der Waals surface area contributed by atoms with Crippen LogP contribution in [-0.4, -0.2) is 9.49 Å². The zero-order valence-corrected chi connectivity index (χ0v) is 18.6. The number of halogens is 2. The Morgan fingerprint density at radius 1 is 1.00 bits per heavy atom. The molecule has 0 aliphatic heterocycles. The average molecular weight is 462 g/mol. The van der Waals surface area contributed by atoms with Gasteiger partial charge in [-0.05, 0) is 48.7 Å². The predicted octanol–water partition coefficient (Wildman–Crippen LogP) is 7.56. The average Bonchev–Trinajstić information content (AvgIpc) is 2.96. The summed E-state index contributed by atoms with van der Waals surface area (Å²) in [6.07, 6.45) is 7.11. The van der Waals surface area contributed by atoms with Crippen molar-refractivity contribution in [3.63, 3.8) is 0 Å². The smallest absolute Gasteiger partial charge is 0.269 e. The van der Waals surface area contributed by atoms with Gasteiger partial charge < -0.3 is 4.57 Å². The Kier molecular flexibility index (Phi) is 6.56. The van der Waals surface area contributed by atoms with Gasteiger partial charge in [-0.25, -0.2) is 4.99 Å². The standard InChI is InChI=1S/C22H21Cl2N3O2S/c23-19-12-9-16(13-20(19)24)25-22-26(17-5-3-1-2-4-6-17)21(14-30-22)15-7-10-18(11-8-15)27(28)29/h7-14,17H,1-6H2. The minimum Gasteiger partial charge on any atom is -0.313 e. The molecular formula is C22H21Cl2N3O2S. The first-order valence-electron chi connectivity index (χ1n) is 9.97. The number of hydrogen-bond donors (Lipinski definition) is 0. The van der Waals surface area contributed by atoms with Gasteiger partial charge in [-0.1, -0.05) is 48.9 Å². The van der Waals surface area contributed by atoms with Gasteiger partial charge in [0.15, 0.2) is 4.80 Å². The van der Waals surface area contributed by atoms with E-state index in [0.29, 0.717) is 16.1 Å². The molecule has 0 saturated heterocycles. The van der Waals surface area contributed by atoms with E-state index in [-0.39, 0.29) is 10.6 Å². The van der Waals surface area contributed by atoms with Gasteiger partial charge in [0.05, 0.1) is 26.3 Å². The van der Waals surface area contributed by atoms with E-state index in [0.717, 1.165) is 34.6 Å². The van der Waals surface area contributed by atoms with E-state index in [2.05, 4.69) is 9.95 Å². The summed E-state index contributed by atoms with van der Waals surface area (Å²) in [5, 5.41) is 14.1. The molecule has 4 rings (SSSR count). The Morgan fingerprint density at radius 3 is 2.33 bits per heavy atom. The van der Waals surface area contributed by atoms with Crippen molar-refractivity contribution in [3.8, 4) is 11.3 Å². The summed E-state index contributed by atoms with van der Waals surface area (Å²) < 4.78 is 2.31. The van der Waals surface area contributed by atoms with Crippen LogP contribution in [0.5, 0.6) is 0 Å². The molecule has 0 unspecified atom stereocenters. The molecule has 3 aromatic rings. The van der Waals surface area contributed by atoms with Crippen molar-refractivity contribution in [2.75, 3.05) is 0 Å². The predicted molar refractivity (Wildman–Crippen MR) is 123 cm³/mol. The molecule has 0 amide bonds. The topological polar surface area (TPSA) is 60.4 Å². The molecule has 1 heterocycles. The van der Waals surface area contributed by atoms with Crippen LogP contribution in [0.15, 0.2) is 52.8 Å². The Labute approximate surface area is 188 Å². The minimum atomic E-state index is -0.373. The molecule has 0 bridgehead atoms. The van der Waals surface area contributed by atoms with E-state index in [1.165, 1.54) is 25.7 Å². The number of nitro groups is 1. The van der Waals surface area contributed by atoms with Crippen LogP contribution < -0.4 is 4.80 Å². The van der Waals surface area contributed by atoms with Crippen LogP contribution in [0.4, 0.5) is 11.4 Å². The van der Waals surface area contributed by atoms with Gasteiger partial charge in [0.25, 0.3) is 5.69 Å². The lowest BCUT2D eigenvalue weighted by molar-refractivity contribution is -0.384. The highest BCUT2D eigenvalue weighted by Gasteiger charge is 2.20. The van der Waals surface area contributed by atoms with E-state index in [4.69, 9.17) is 28.2 Å². The molecule has 1 saturated carbocycles. The fraction of sp³-hybridized carbons (Fsp3) is 0.318. The monoisotopic (exact) mass is 461 g/mol. The van der Waals surface area contributed by atoms with Gasteiger partial charge in [-0.15, -0.1) is 11.3 Å². The third-order valence-electron chi connectivity index (χ3n) is 5.43. The molecule has 8 heteroatoms. The second-order valence-corrected chi connectivity index (χ2v) is 9.08. The zero-order chi connectivity index (χ0) is 21.1. The third-order valence-corrected chi connectivity index (χ3v) is 7.01. The van der Waals surface area contributed by atoms with Crippen LogP contribution in [0, 0.1) is 10.1 Å². The first-order chi connectivity index (χ1) is 14.5. The second-order valence-electron chi connectivity index (χ2n) is 7.43. The molecule has 0 radical (unpaired) electrons. The number of nitrogens with zero attached hydrogens (tertiary/aromatic N) is 3. The molecule has 1 fully saturated rings. The number of aromatic nitrogens is 1. The van der Waals surface area contributed by atoms with Crippen LogP contribution in [0.25, 0.3) is 11.3 Å². The highest BCUT2D eigenvalue weighted by Crippen LogP contribution is 2.33. The fourth-order valence-corrected chi connectivity index (χ4v) is 5.18. The maximum Gasteiger partial charge on any atom is 0.269 e. The SMILES string of the molecule is O=[N+]([O-])c1ccc(-c2csc(=Nc3ccc(Cl)c(Cl)c3)n2C2CCCCCC2)cc1. The lowest BCUT2D eigenvalue weighted by Gasteiger charge is -2.20. The lowest BCUT2D eigenvalue weighted by atomic mass is 10.1. The van der Waals surface area contributed by atoms with Gasteiger partial charge >= 0.3 is 0 Å². The molecule has 5 nitrogen and oxygen atoms in total. The molecule has 0 atom stereocenters. The molecule has 0 spiro atoms. The molecule has 1 aromatic heterocycles. The number of thiazole rings is 1. The van der Waals surface area contributed by atoms with Crippen LogP contribution >= 0.6 is 34.5 Å². The summed E-state index contributed by atoms with van der Waals surface area (Å²) in [5.74, 6) is 0. The molecular weight excluding hydrogens is 441 g/mol. The Balaban J connectivity index is 1.83. The van der Waals surface area contributed by atoms with Crippen molar-refractivity contribution >= 4 is 45.9 Å². The van der Waals surface area contributed by atoms with Gasteiger partial charge in [-0.2, -0.15) is 0 Å². The minimum absolute atomic E-state index is 0.0933. The first-order valence-corrected chi connectivity index (χ1v) is 11.6. The normalized spacial score (nSPS) is 15.9. The van der Waals surface area contributed by atoms with Gasteiger partial charge in [0.2, 0.25) is 0 Å². The molecule has 1 aliphatic rings. The summed E-state index contributed by atoms with van der Waals surface area (Å²) in [6, 6.07) is 12.5. The second kappa shape index (κ2) is 9.33. The van der Waals surface area contributed by atoms with E-state index >= 15 is 0 Å². The number of hydrogen-bond acceptors (Lipinski definition) is 4. The maximum absolute atomic E-state index is 11.0. The lowest BCUT2D eigenvalue weighted by Crippen LogP contribution is -2.21. The van der Waals surface area contributed by atoms with E-state index < -0.39 is 0 Å². The Hall–Kier alpha value is -2.15. The quantitative estimate of drug-likeness (QED) is 0.228. The zero-order valence-electron chi connectivity index (χ0n) is 16.3. The summed E-state index contributed by atoms with van der Waals surface area (Å²) in [6.45, 7) is 0. The molecule has 1 aliphatic carbocycles. The van der Waals surface area contributed by atoms with Gasteiger partial charge in [0, 0.05) is 23.6 Å². The Bertz CT molecular complexity index is 1110.